The maximum atomic E-state index is 11.3. The topological polar surface area (TPSA) is 64.4 Å². The third kappa shape index (κ3) is 2.56. The second-order valence-electron chi connectivity index (χ2n) is 4.55. The number of aromatic nitrogens is 2. The van der Waals surface area contributed by atoms with Crippen molar-refractivity contribution in [2.24, 2.45) is 0 Å². The first-order valence-corrected chi connectivity index (χ1v) is 6.14. The van der Waals surface area contributed by atoms with Gasteiger partial charge in [0.05, 0.1) is 19.0 Å². The fourth-order valence-electron chi connectivity index (χ4n) is 1.93. The molecule has 0 radical (unpaired) electrons. The summed E-state index contributed by atoms with van der Waals surface area (Å²) in [6.07, 6.45) is 3.15. The van der Waals surface area contributed by atoms with Crippen molar-refractivity contribution in [3.63, 3.8) is 0 Å². The van der Waals surface area contributed by atoms with Crippen LogP contribution >= 0.6 is 0 Å². The number of benzene rings is 1. The third-order valence-electron chi connectivity index (χ3n) is 2.78. The summed E-state index contributed by atoms with van der Waals surface area (Å²) in [5, 5.41) is 13.4. The van der Waals surface area contributed by atoms with Crippen LogP contribution in [0, 0.1) is 0 Å². The highest BCUT2D eigenvalue weighted by molar-refractivity contribution is 5.91. The van der Waals surface area contributed by atoms with Crippen molar-refractivity contribution in [3.05, 3.63) is 47.3 Å². The minimum atomic E-state index is -1.00. The number of carbonyl (C=O) groups is 1. The van der Waals surface area contributed by atoms with Gasteiger partial charge in [-0.25, -0.2) is 9.48 Å². The van der Waals surface area contributed by atoms with Crippen molar-refractivity contribution >= 4 is 12.0 Å². The summed E-state index contributed by atoms with van der Waals surface area (Å²) < 4.78 is 6.88. The number of allylic oxidation sites excluding steroid dienone is 1. The number of methoxy groups -OCH3 is 1. The molecule has 0 amide bonds. The molecule has 1 aromatic heterocycles. The van der Waals surface area contributed by atoms with Gasteiger partial charge < -0.3 is 9.84 Å². The first-order chi connectivity index (χ1) is 9.54. The van der Waals surface area contributed by atoms with Crippen LogP contribution in [0.4, 0.5) is 0 Å². The van der Waals surface area contributed by atoms with Crippen LogP contribution in [-0.4, -0.2) is 28.0 Å². The van der Waals surface area contributed by atoms with Gasteiger partial charge in [-0.2, -0.15) is 5.10 Å². The molecule has 104 valence electrons. The number of carboxylic acid groups (broad SMARTS) is 1. The van der Waals surface area contributed by atoms with E-state index in [0.717, 1.165) is 5.57 Å². The van der Waals surface area contributed by atoms with E-state index in [9.17, 15) is 9.90 Å². The zero-order valence-electron chi connectivity index (χ0n) is 11.6. The molecule has 0 saturated carbocycles. The summed E-state index contributed by atoms with van der Waals surface area (Å²) in [7, 11) is 1.57. The Hall–Kier alpha value is -2.56. The molecule has 0 atom stereocenters. The SMILES string of the molecule is COc1ccccc1-n1ncc(C(=O)O)c1C=C(C)C. The van der Waals surface area contributed by atoms with Gasteiger partial charge in [0, 0.05) is 0 Å². The molecule has 1 N–H and O–H groups in total. The number of ether oxygens (including phenoxy) is 1. The van der Waals surface area contributed by atoms with Gasteiger partial charge >= 0.3 is 5.97 Å². The Labute approximate surface area is 117 Å². The molecule has 1 aromatic carbocycles. The fourth-order valence-corrected chi connectivity index (χ4v) is 1.93. The third-order valence-corrected chi connectivity index (χ3v) is 2.78. The summed E-state index contributed by atoms with van der Waals surface area (Å²) >= 11 is 0. The molecule has 0 fully saturated rings. The van der Waals surface area contributed by atoms with Gasteiger partial charge in [-0.05, 0) is 32.1 Å². The van der Waals surface area contributed by atoms with Crippen LogP contribution in [0.25, 0.3) is 11.8 Å². The van der Waals surface area contributed by atoms with Crippen LogP contribution in [0.15, 0.2) is 36.0 Å². The van der Waals surface area contributed by atoms with Gasteiger partial charge in [-0.3, -0.25) is 0 Å². The van der Waals surface area contributed by atoms with Crippen LogP contribution in [0.1, 0.15) is 29.9 Å². The van der Waals surface area contributed by atoms with E-state index in [1.54, 1.807) is 17.9 Å². The van der Waals surface area contributed by atoms with Crippen LogP contribution in [0.5, 0.6) is 5.75 Å². The lowest BCUT2D eigenvalue weighted by Crippen LogP contribution is -2.04. The monoisotopic (exact) mass is 272 g/mol. The highest BCUT2D eigenvalue weighted by atomic mass is 16.5. The minimum Gasteiger partial charge on any atom is -0.494 e. The first-order valence-electron chi connectivity index (χ1n) is 6.14. The zero-order valence-corrected chi connectivity index (χ0v) is 11.6. The highest BCUT2D eigenvalue weighted by Gasteiger charge is 2.17. The molecule has 0 aliphatic rings. The molecule has 2 rings (SSSR count). The standard InChI is InChI=1S/C15H16N2O3/c1-10(2)8-13-11(15(18)19)9-16-17(13)12-6-4-5-7-14(12)20-3/h4-9H,1-3H3,(H,18,19). The molecule has 0 aliphatic carbocycles. The molecule has 0 unspecified atom stereocenters. The fraction of sp³-hybridized carbons (Fsp3) is 0.200. The summed E-state index contributed by atoms with van der Waals surface area (Å²) in [5.41, 5.74) is 2.39. The van der Waals surface area contributed by atoms with Crippen LogP contribution in [0.2, 0.25) is 0 Å². The van der Waals surface area contributed by atoms with E-state index in [2.05, 4.69) is 5.10 Å². The highest BCUT2D eigenvalue weighted by Crippen LogP contribution is 2.25. The van der Waals surface area contributed by atoms with E-state index < -0.39 is 5.97 Å². The Kier molecular flexibility index (Phi) is 3.89. The van der Waals surface area contributed by atoms with Crippen LogP contribution < -0.4 is 4.74 Å². The smallest absolute Gasteiger partial charge is 0.339 e. The predicted molar refractivity (Wildman–Crippen MR) is 76.4 cm³/mol. The summed E-state index contributed by atoms with van der Waals surface area (Å²) in [5.74, 6) is -0.366. The molecular weight excluding hydrogens is 256 g/mol. The number of aromatic carboxylic acids is 1. The van der Waals surface area contributed by atoms with E-state index in [-0.39, 0.29) is 5.56 Å². The molecule has 5 nitrogen and oxygen atoms in total. The number of hydrogen-bond acceptors (Lipinski definition) is 3. The Bertz CT molecular complexity index is 668. The zero-order chi connectivity index (χ0) is 14.7. The van der Waals surface area contributed by atoms with Gasteiger partial charge in [0.2, 0.25) is 0 Å². The second kappa shape index (κ2) is 5.61. The van der Waals surface area contributed by atoms with Crippen LogP contribution in [-0.2, 0) is 0 Å². The number of para-hydroxylation sites is 2. The average molecular weight is 272 g/mol. The van der Waals surface area contributed by atoms with Crippen molar-refractivity contribution in [2.45, 2.75) is 13.8 Å². The Morgan fingerprint density at radius 2 is 2.05 bits per heavy atom. The quantitative estimate of drug-likeness (QED) is 0.929. The molecule has 0 spiro atoms. The lowest BCUT2D eigenvalue weighted by molar-refractivity contribution is 0.0696. The second-order valence-corrected chi connectivity index (χ2v) is 4.55. The van der Waals surface area contributed by atoms with Gasteiger partial charge in [-0.1, -0.05) is 17.7 Å². The van der Waals surface area contributed by atoms with Gasteiger partial charge in [0.1, 0.15) is 17.0 Å². The maximum absolute atomic E-state index is 11.3. The Balaban J connectivity index is 2.68. The number of carboxylic acids is 1. The lowest BCUT2D eigenvalue weighted by Gasteiger charge is -2.10. The summed E-state index contributed by atoms with van der Waals surface area (Å²) in [6.45, 7) is 3.82. The van der Waals surface area contributed by atoms with E-state index in [1.807, 2.05) is 38.1 Å². The molecule has 0 bridgehead atoms. The number of rotatable bonds is 4. The summed E-state index contributed by atoms with van der Waals surface area (Å²) in [6, 6.07) is 7.35. The Morgan fingerprint density at radius 3 is 2.65 bits per heavy atom. The maximum Gasteiger partial charge on any atom is 0.339 e. The van der Waals surface area contributed by atoms with E-state index >= 15 is 0 Å². The van der Waals surface area contributed by atoms with E-state index in [4.69, 9.17) is 4.74 Å². The first kappa shape index (κ1) is 13.9. The Morgan fingerprint density at radius 1 is 1.35 bits per heavy atom. The largest absolute Gasteiger partial charge is 0.494 e. The molecule has 5 heteroatoms. The normalized spacial score (nSPS) is 10.2. The van der Waals surface area contributed by atoms with E-state index in [1.165, 1.54) is 6.20 Å². The molecule has 1 heterocycles. The van der Waals surface area contributed by atoms with E-state index in [0.29, 0.717) is 17.1 Å². The van der Waals surface area contributed by atoms with Crippen LogP contribution in [0.3, 0.4) is 0 Å². The van der Waals surface area contributed by atoms with Crippen molar-refractivity contribution in [1.82, 2.24) is 9.78 Å². The lowest BCUT2D eigenvalue weighted by atomic mass is 10.2. The molecular formula is C15H16N2O3. The number of nitrogens with zero attached hydrogens (tertiary/aromatic N) is 2. The van der Waals surface area contributed by atoms with Crippen molar-refractivity contribution < 1.29 is 14.6 Å². The van der Waals surface area contributed by atoms with Gasteiger partial charge in [0.15, 0.2) is 0 Å². The predicted octanol–water partition coefficient (Wildman–Crippen LogP) is 3.00. The minimum absolute atomic E-state index is 0.164. The number of hydrogen-bond donors (Lipinski definition) is 1. The molecule has 0 aliphatic heterocycles. The molecule has 2 aromatic rings. The van der Waals surface area contributed by atoms with Gasteiger partial charge in [0.25, 0.3) is 0 Å². The van der Waals surface area contributed by atoms with Crippen molar-refractivity contribution in [1.29, 1.82) is 0 Å². The van der Waals surface area contributed by atoms with Crippen molar-refractivity contribution in [2.75, 3.05) is 7.11 Å². The van der Waals surface area contributed by atoms with Gasteiger partial charge in [-0.15, -0.1) is 0 Å². The molecule has 20 heavy (non-hydrogen) atoms. The molecule has 0 saturated heterocycles. The summed E-state index contributed by atoms with van der Waals surface area (Å²) in [4.78, 5) is 11.3. The van der Waals surface area contributed by atoms with Crippen molar-refractivity contribution in [3.8, 4) is 11.4 Å². The average Bonchev–Trinajstić information content (AvgIpc) is 2.81.